The Morgan fingerprint density at radius 2 is 2.12 bits per heavy atom. The van der Waals surface area contributed by atoms with E-state index in [0.717, 1.165) is 10.8 Å². The Bertz CT molecular complexity index is 539. The molecule has 0 atom stereocenters. The largest absolute Gasteiger partial charge is 0.375 e. The fourth-order valence-corrected chi connectivity index (χ4v) is 3.38. The second-order valence-corrected chi connectivity index (χ2v) is 6.32. The van der Waals surface area contributed by atoms with E-state index in [1.807, 2.05) is 19.5 Å². The van der Waals surface area contributed by atoms with Gasteiger partial charge in [-0.1, -0.05) is 11.3 Å². The molecule has 17 heavy (non-hydrogen) atoms. The summed E-state index contributed by atoms with van der Waals surface area (Å²) >= 11 is 3.20. The number of anilines is 2. The summed E-state index contributed by atoms with van der Waals surface area (Å²) in [7, 11) is 4.05. The zero-order valence-corrected chi connectivity index (χ0v) is 11.4. The third-order valence-electron chi connectivity index (χ3n) is 2.74. The number of nitrogens with zero attached hydrogens (tertiary/aromatic N) is 3. The fraction of sp³-hybridized carbons (Fsp3) is 0.455. The van der Waals surface area contributed by atoms with Crippen molar-refractivity contribution in [2.75, 3.05) is 24.7 Å². The van der Waals surface area contributed by atoms with E-state index < -0.39 is 0 Å². The molecular weight excluding hydrogens is 252 g/mol. The summed E-state index contributed by atoms with van der Waals surface area (Å²) in [5.74, 6) is 0.637. The van der Waals surface area contributed by atoms with E-state index in [2.05, 4.69) is 9.88 Å². The van der Waals surface area contributed by atoms with Crippen LogP contribution in [0.1, 0.15) is 24.5 Å². The third-order valence-corrected chi connectivity index (χ3v) is 4.68. The van der Waals surface area contributed by atoms with Crippen LogP contribution in [0.25, 0.3) is 10.6 Å². The number of rotatable bonds is 3. The van der Waals surface area contributed by atoms with Gasteiger partial charge in [0.2, 0.25) is 0 Å². The van der Waals surface area contributed by atoms with Gasteiger partial charge in [0, 0.05) is 25.4 Å². The van der Waals surface area contributed by atoms with Crippen LogP contribution in [0.3, 0.4) is 0 Å². The number of thiazole rings is 2. The maximum atomic E-state index is 5.71. The van der Waals surface area contributed by atoms with Crippen LogP contribution in [0.2, 0.25) is 0 Å². The first kappa shape index (κ1) is 11.0. The lowest BCUT2D eigenvalue weighted by molar-refractivity contribution is 1.02. The molecule has 0 unspecified atom stereocenters. The molecule has 2 N–H and O–H groups in total. The molecule has 0 aromatic carbocycles. The van der Waals surface area contributed by atoms with E-state index in [0.29, 0.717) is 11.0 Å². The minimum atomic E-state index is 0.626. The minimum Gasteiger partial charge on any atom is -0.375 e. The van der Waals surface area contributed by atoms with Crippen molar-refractivity contribution in [2.24, 2.45) is 0 Å². The molecule has 2 heterocycles. The van der Waals surface area contributed by atoms with Crippen LogP contribution in [0.15, 0.2) is 5.38 Å². The second kappa shape index (κ2) is 3.96. The summed E-state index contributed by atoms with van der Waals surface area (Å²) in [5.41, 5.74) is 7.90. The Hall–Kier alpha value is -1.14. The lowest BCUT2D eigenvalue weighted by Gasteiger charge is -2.05. The minimum absolute atomic E-state index is 0.626. The van der Waals surface area contributed by atoms with Gasteiger partial charge in [-0.15, -0.1) is 11.3 Å². The number of nitrogen functional groups attached to an aromatic ring is 1. The molecule has 90 valence electrons. The average molecular weight is 266 g/mol. The highest BCUT2D eigenvalue weighted by Crippen LogP contribution is 2.47. The van der Waals surface area contributed by atoms with Gasteiger partial charge in [-0.25, -0.2) is 9.97 Å². The molecule has 1 aliphatic carbocycles. The van der Waals surface area contributed by atoms with Gasteiger partial charge in [-0.05, 0) is 12.8 Å². The maximum Gasteiger partial charge on any atom is 0.185 e. The lowest BCUT2D eigenvalue weighted by Crippen LogP contribution is -2.07. The molecule has 0 spiro atoms. The van der Waals surface area contributed by atoms with Crippen LogP contribution in [-0.4, -0.2) is 24.1 Å². The molecule has 0 amide bonds. The molecule has 1 aliphatic rings. The lowest BCUT2D eigenvalue weighted by atomic mass is 10.2. The molecule has 3 rings (SSSR count). The molecule has 0 saturated heterocycles. The summed E-state index contributed by atoms with van der Waals surface area (Å²) < 4.78 is 0. The highest BCUT2D eigenvalue weighted by molar-refractivity contribution is 7.19. The Morgan fingerprint density at radius 1 is 1.35 bits per heavy atom. The van der Waals surface area contributed by atoms with E-state index in [1.54, 1.807) is 11.3 Å². The second-order valence-electron chi connectivity index (χ2n) is 4.45. The van der Waals surface area contributed by atoms with Crippen LogP contribution in [0.4, 0.5) is 10.3 Å². The highest BCUT2D eigenvalue weighted by Gasteiger charge is 2.31. The van der Waals surface area contributed by atoms with Gasteiger partial charge in [0.25, 0.3) is 0 Å². The number of aromatic nitrogens is 2. The Labute approximate surface area is 108 Å². The molecule has 0 radical (unpaired) electrons. The Kier molecular flexibility index (Phi) is 2.56. The standard InChI is InChI=1S/C11H14N4S2/c1-15(2)11-14-8(6-3-4-6)9(17-11)7-5-16-10(12)13-7/h5-6H,3-4H2,1-2H3,(H2,12,13). The predicted molar refractivity (Wildman–Crippen MR) is 73.9 cm³/mol. The first-order valence-electron chi connectivity index (χ1n) is 5.54. The SMILES string of the molecule is CN(C)c1nc(C2CC2)c(-c2csc(N)n2)s1. The van der Waals surface area contributed by atoms with Crippen LogP contribution in [0.5, 0.6) is 0 Å². The topological polar surface area (TPSA) is 55.0 Å². The van der Waals surface area contributed by atoms with E-state index >= 15 is 0 Å². The van der Waals surface area contributed by atoms with Crippen LogP contribution >= 0.6 is 22.7 Å². The van der Waals surface area contributed by atoms with E-state index in [4.69, 9.17) is 10.7 Å². The van der Waals surface area contributed by atoms with Gasteiger partial charge in [0.05, 0.1) is 16.3 Å². The highest BCUT2D eigenvalue weighted by atomic mass is 32.1. The van der Waals surface area contributed by atoms with Crippen molar-refractivity contribution in [2.45, 2.75) is 18.8 Å². The van der Waals surface area contributed by atoms with E-state index in [1.165, 1.54) is 34.7 Å². The van der Waals surface area contributed by atoms with Crippen LogP contribution in [0, 0.1) is 0 Å². The third kappa shape index (κ3) is 2.02. The Balaban J connectivity index is 2.07. The van der Waals surface area contributed by atoms with Crippen LogP contribution < -0.4 is 10.6 Å². The van der Waals surface area contributed by atoms with Gasteiger partial charge < -0.3 is 10.6 Å². The van der Waals surface area contributed by atoms with E-state index in [9.17, 15) is 0 Å². The van der Waals surface area contributed by atoms with Gasteiger partial charge in [-0.3, -0.25) is 0 Å². The van der Waals surface area contributed by atoms with Crippen molar-refractivity contribution in [3.05, 3.63) is 11.1 Å². The maximum absolute atomic E-state index is 5.71. The van der Waals surface area contributed by atoms with Gasteiger partial charge in [-0.2, -0.15) is 0 Å². The molecule has 2 aromatic rings. The smallest absolute Gasteiger partial charge is 0.185 e. The van der Waals surface area contributed by atoms with Gasteiger partial charge in [0.15, 0.2) is 10.3 Å². The summed E-state index contributed by atoms with van der Waals surface area (Å²) in [6, 6.07) is 0. The number of hydrogen-bond donors (Lipinski definition) is 1. The van der Waals surface area contributed by atoms with Crippen molar-refractivity contribution in [1.82, 2.24) is 9.97 Å². The van der Waals surface area contributed by atoms with Crippen molar-refractivity contribution < 1.29 is 0 Å². The van der Waals surface area contributed by atoms with Gasteiger partial charge in [0.1, 0.15) is 0 Å². The molecular formula is C11H14N4S2. The number of nitrogens with two attached hydrogens (primary N) is 1. The summed E-state index contributed by atoms with van der Waals surface area (Å²) in [4.78, 5) is 12.3. The molecule has 0 bridgehead atoms. The summed E-state index contributed by atoms with van der Waals surface area (Å²) in [6.07, 6.45) is 2.51. The zero-order chi connectivity index (χ0) is 12.0. The van der Waals surface area contributed by atoms with E-state index in [-0.39, 0.29) is 0 Å². The van der Waals surface area contributed by atoms with Crippen molar-refractivity contribution in [3.8, 4) is 10.6 Å². The quantitative estimate of drug-likeness (QED) is 0.928. The Morgan fingerprint density at radius 3 is 2.65 bits per heavy atom. The molecule has 4 nitrogen and oxygen atoms in total. The van der Waals surface area contributed by atoms with Gasteiger partial charge >= 0.3 is 0 Å². The van der Waals surface area contributed by atoms with Crippen molar-refractivity contribution in [1.29, 1.82) is 0 Å². The normalized spacial score (nSPS) is 15.2. The monoisotopic (exact) mass is 266 g/mol. The van der Waals surface area contributed by atoms with Crippen LogP contribution in [-0.2, 0) is 0 Å². The average Bonchev–Trinajstić information content (AvgIpc) is 2.88. The first-order valence-corrected chi connectivity index (χ1v) is 7.24. The molecule has 2 aromatic heterocycles. The molecule has 0 aliphatic heterocycles. The summed E-state index contributed by atoms with van der Waals surface area (Å²) in [5, 5.41) is 3.70. The summed E-state index contributed by atoms with van der Waals surface area (Å²) in [6.45, 7) is 0. The van der Waals surface area contributed by atoms with Crippen molar-refractivity contribution >= 4 is 32.9 Å². The number of hydrogen-bond acceptors (Lipinski definition) is 6. The predicted octanol–water partition coefficient (Wildman–Crippen LogP) is 2.79. The van der Waals surface area contributed by atoms with Crippen molar-refractivity contribution in [3.63, 3.8) is 0 Å². The molecule has 1 fully saturated rings. The molecule has 6 heteroatoms. The fourth-order valence-electron chi connectivity index (χ4n) is 1.72. The molecule has 1 saturated carbocycles. The zero-order valence-electron chi connectivity index (χ0n) is 9.80. The first-order chi connectivity index (χ1) is 8.15.